The van der Waals surface area contributed by atoms with Gasteiger partial charge < -0.3 is 0 Å². The predicted octanol–water partition coefficient (Wildman–Crippen LogP) is 2.30. The van der Waals surface area contributed by atoms with E-state index in [1.54, 1.807) is 18.0 Å². The van der Waals surface area contributed by atoms with Gasteiger partial charge in [-0.3, -0.25) is 4.99 Å². The molecule has 0 saturated heterocycles. The third kappa shape index (κ3) is 3.93. The van der Waals surface area contributed by atoms with Gasteiger partial charge in [0.15, 0.2) is 0 Å². The van der Waals surface area contributed by atoms with Crippen molar-refractivity contribution >= 4 is 16.8 Å². The Morgan fingerprint density at radius 3 is 2.88 bits per heavy atom. The molecule has 0 aliphatic carbocycles. The van der Waals surface area contributed by atoms with E-state index in [9.17, 15) is 0 Å². The largest absolute Gasteiger partial charge is 0.255 e. The van der Waals surface area contributed by atoms with E-state index in [2.05, 4.69) is 18.5 Å². The molecule has 8 heavy (non-hydrogen) atoms. The fraction of sp³-hybridized carbons (Fsp3) is 0.500. The molecule has 0 bridgehead atoms. The van der Waals surface area contributed by atoms with Crippen LogP contribution in [0.15, 0.2) is 17.8 Å². The quantitative estimate of drug-likeness (QED) is 0.411. The van der Waals surface area contributed by atoms with Gasteiger partial charge >= 0.3 is 0 Å². The molecule has 0 heterocycles. The molecule has 0 aromatic heterocycles. The van der Waals surface area contributed by atoms with Crippen molar-refractivity contribution in [2.24, 2.45) is 4.99 Å². The highest BCUT2D eigenvalue weighted by atomic mass is 32.2. The lowest BCUT2D eigenvalue weighted by Gasteiger charge is -1.90. The van der Waals surface area contributed by atoms with Crippen LogP contribution in [0.3, 0.4) is 0 Å². The van der Waals surface area contributed by atoms with Crippen molar-refractivity contribution < 1.29 is 0 Å². The SMILES string of the molecule is C=CN=C(C)SCC. The Morgan fingerprint density at radius 2 is 2.50 bits per heavy atom. The Kier molecular flexibility index (Phi) is 4.76. The van der Waals surface area contributed by atoms with Crippen LogP contribution in [0.5, 0.6) is 0 Å². The maximum atomic E-state index is 3.96. The summed E-state index contributed by atoms with van der Waals surface area (Å²) in [6, 6.07) is 0. The zero-order chi connectivity index (χ0) is 6.41. The lowest BCUT2D eigenvalue weighted by molar-refractivity contribution is 1.53. The molecule has 0 saturated carbocycles. The molecule has 0 amide bonds. The average molecular weight is 129 g/mol. The fourth-order valence-electron chi connectivity index (χ4n) is 0.375. The van der Waals surface area contributed by atoms with Gasteiger partial charge in [-0.2, -0.15) is 0 Å². The van der Waals surface area contributed by atoms with Crippen molar-refractivity contribution in [2.45, 2.75) is 13.8 Å². The summed E-state index contributed by atoms with van der Waals surface area (Å²) in [6.45, 7) is 7.57. The third-order valence-corrected chi connectivity index (χ3v) is 1.44. The minimum atomic E-state index is 1.09. The second-order valence-corrected chi connectivity index (χ2v) is 2.72. The molecule has 0 N–H and O–H groups in total. The molecule has 0 spiro atoms. The fourth-order valence-corrected chi connectivity index (χ4v) is 0.942. The zero-order valence-corrected chi connectivity index (χ0v) is 6.16. The molecule has 0 rings (SSSR count). The molecule has 0 fully saturated rings. The van der Waals surface area contributed by atoms with E-state index in [1.807, 2.05) is 6.92 Å². The van der Waals surface area contributed by atoms with Crippen LogP contribution >= 0.6 is 11.8 Å². The molecule has 1 nitrogen and oxygen atoms in total. The maximum absolute atomic E-state index is 3.96. The highest BCUT2D eigenvalue weighted by Crippen LogP contribution is 2.01. The summed E-state index contributed by atoms with van der Waals surface area (Å²) in [7, 11) is 0. The van der Waals surface area contributed by atoms with Crippen LogP contribution in [0.1, 0.15) is 13.8 Å². The van der Waals surface area contributed by atoms with Gasteiger partial charge in [0.1, 0.15) is 0 Å². The Balaban J connectivity index is 3.44. The third-order valence-electron chi connectivity index (χ3n) is 0.626. The number of nitrogens with zero attached hydrogens (tertiary/aromatic N) is 1. The van der Waals surface area contributed by atoms with Crippen molar-refractivity contribution in [3.8, 4) is 0 Å². The van der Waals surface area contributed by atoms with E-state index in [1.165, 1.54) is 0 Å². The molecule has 0 aliphatic heterocycles. The van der Waals surface area contributed by atoms with Gasteiger partial charge in [-0.25, -0.2) is 0 Å². The Labute approximate surface area is 54.9 Å². The molecule has 0 radical (unpaired) electrons. The molecule has 0 atom stereocenters. The van der Waals surface area contributed by atoms with Gasteiger partial charge in [0, 0.05) is 6.20 Å². The minimum Gasteiger partial charge on any atom is -0.255 e. The topological polar surface area (TPSA) is 12.4 Å². The summed E-state index contributed by atoms with van der Waals surface area (Å²) >= 11 is 1.73. The van der Waals surface area contributed by atoms with Crippen LogP contribution in [-0.2, 0) is 0 Å². The molecule has 0 aromatic carbocycles. The maximum Gasteiger partial charge on any atom is 0.0699 e. The van der Waals surface area contributed by atoms with Crippen molar-refractivity contribution in [2.75, 3.05) is 5.75 Å². The second kappa shape index (κ2) is 4.91. The van der Waals surface area contributed by atoms with Crippen LogP contribution < -0.4 is 0 Å². The first-order valence-corrected chi connectivity index (χ1v) is 3.58. The smallest absolute Gasteiger partial charge is 0.0699 e. The molecule has 0 unspecified atom stereocenters. The standard InChI is InChI=1S/C6H11NS/c1-4-7-6(3)8-5-2/h4H,1,5H2,2-3H3. The monoisotopic (exact) mass is 129 g/mol. The average Bonchev–Trinajstić information content (AvgIpc) is 1.68. The van der Waals surface area contributed by atoms with E-state index >= 15 is 0 Å². The molecular weight excluding hydrogens is 118 g/mol. The Hall–Kier alpha value is -0.240. The first-order chi connectivity index (χ1) is 3.81. The molecule has 2 heteroatoms. The zero-order valence-electron chi connectivity index (χ0n) is 5.35. The predicted molar refractivity (Wildman–Crippen MR) is 41.4 cm³/mol. The molecule has 0 aromatic rings. The molecular formula is C6H11NS. The normalized spacial score (nSPS) is 11.5. The second-order valence-electron chi connectivity index (χ2n) is 1.26. The number of hydrogen-bond donors (Lipinski definition) is 0. The van der Waals surface area contributed by atoms with E-state index in [-0.39, 0.29) is 0 Å². The first-order valence-electron chi connectivity index (χ1n) is 2.59. The lowest BCUT2D eigenvalue weighted by Crippen LogP contribution is -1.80. The molecule has 46 valence electrons. The van der Waals surface area contributed by atoms with E-state index < -0.39 is 0 Å². The van der Waals surface area contributed by atoms with E-state index in [0.29, 0.717) is 0 Å². The first kappa shape index (κ1) is 7.76. The minimum absolute atomic E-state index is 1.09. The van der Waals surface area contributed by atoms with Crippen molar-refractivity contribution in [1.29, 1.82) is 0 Å². The lowest BCUT2D eigenvalue weighted by atomic mass is 10.8. The molecule has 0 aliphatic rings. The summed E-state index contributed by atoms with van der Waals surface area (Å²) in [5, 5.41) is 1.09. The van der Waals surface area contributed by atoms with E-state index in [0.717, 1.165) is 10.8 Å². The Morgan fingerprint density at radius 1 is 1.88 bits per heavy atom. The van der Waals surface area contributed by atoms with Gasteiger partial charge in [0.2, 0.25) is 0 Å². The van der Waals surface area contributed by atoms with Crippen molar-refractivity contribution in [1.82, 2.24) is 0 Å². The van der Waals surface area contributed by atoms with Crippen molar-refractivity contribution in [3.05, 3.63) is 12.8 Å². The highest BCUT2D eigenvalue weighted by molar-refractivity contribution is 8.13. The number of hydrogen-bond acceptors (Lipinski definition) is 2. The summed E-state index contributed by atoms with van der Waals surface area (Å²) in [5.41, 5.74) is 0. The van der Waals surface area contributed by atoms with Gasteiger partial charge in [0.05, 0.1) is 5.04 Å². The van der Waals surface area contributed by atoms with Crippen LogP contribution in [0.25, 0.3) is 0 Å². The van der Waals surface area contributed by atoms with Gasteiger partial charge in [-0.1, -0.05) is 13.5 Å². The summed E-state index contributed by atoms with van der Waals surface area (Å²) in [5.74, 6) is 1.09. The van der Waals surface area contributed by atoms with Crippen LogP contribution in [0.4, 0.5) is 0 Å². The number of rotatable bonds is 2. The summed E-state index contributed by atoms with van der Waals surface area (Å²) < 4.78 is 0. The van der Waals surface area contributed by atoms with Crippen molar-refractivity contribution in [3.63, 3.8) is 0 Å². The van der Waals surface area contributed by atoms with Gasteiger partial charge in [-0.05, 0) is 12.7 Å². The Bertz CT molecular complexity index is 96.7. The van der Waals surface area contributed by atoms with Crippen LogP contribution in [0.2, 0.25) is 0 Å². The summed E-state index contributed by atoms with van der Waals surface area (Å²) in [4.78, 5) is 3.96. The number of aliphatic imine (C=N–C) groups is 1. The van der Waals surface area contributed by atoms with Crippen LogP contribution in [-0.4, -0.2) is 10.8 Å². The van der Waals surface area contributed by atoms with Crippen LogP contribution in [0, 0.1) is 0 Å². The van der Waals surface area contributed by atoms with E-state index in [4.69, 9.17) is 0 Å². The van der Waals surface area contributed by atoms with Gasteiger partial charge in [0.25, 0.3) is 0 Å². The highest BCUT2D eigenvalue weighted by Gasteiger charge is 1.83. The summed E-state index contributed by atoms with van der Waals surface area (Å²) in [6.07, 6.45) is 1.57. The van der Waals surface area contributed by atoms with Gasteiger partial charge in [-0.15, -0.1) is 11.8 Å². The number of thioether (sulfide) groups is 1.